The Morgan fingerprint density at radius 1 is 1.19 bits per heavy atom. The largest absolute Gasteiger partial charge is 0.483 e. The Labute approximate surface area is 254 Å². The Morgan fingerprint density at radius 3 is 2.49 bits per heavy atom. The third kappa shape index (κ3) is 9.54. The molecule has 0 saturated carbocycles. The molecule has 0 saturated heterocycles. The van der Waals surface area contributed by atoms with Gasteiger partial charge in [-0.05, 0) is 62.3 Å². The summed E-state index contributed by atoms with van der Waals surface area (Å²) in [6.45, 7) is 10.8. The van der Waals surface area contributed by atoms with Gasteiger partial charge in [-0.15, -0.1) is 0 Å². The van der Waals surface area contributed by atoms with Crippen LogP contribution in [0.5, 0.6) is 0 Å². The second kappa shape index (κ2) is 14.9. The quantitative estimate of drug-likeness (QED) is 0.178. The standard InChI is InChI=1S/C31H44N4O4S.CH2O2/c1-6-23-19-35-20-40(38,39)34-27-17-24(16-25(23)29(27)35)30(37)33-26(15-22-12-8-7-9-13-22)28(36)18-32-31(4,5)14-10-11-21(2)3;2-1-3/h7-9,12-13,16-17,19,21,26,28,32,34,36H,6,10-11,14-15,18,20H2,1-5H3,(H,33,37);1H,(H,2,3)/t26-,28+;/m0./s1. The van der Waals surface area contributed by atoms with Gasteiger partial charge in [-0.1, -0.05) is 63.9 Å². The van der Waals surface area contributed by atoms with Crippen molar-refractivity contribution in [1.82, 2.24) is 15.2 Å². The van der Waals surface area contributed by atoms with E-state index >= 15 is 0 Å². The summed E-state index contributed by atoms with van der Waals surface area (Å²) in [5, 5.41) is 25.6. The summed E-state index contributed by atoms with van der Waals surface area (Å²) in [5.41, 5.74) is 3.38. The minimum atomic E-state index is -3.56. The fraction of sp³-hybridized carbons (Fsp3) is 0.500. The molecule has 5 N–H and O–H groups in total. The lowest BCUT2D eigenvalue weighted by Crippen LogP contribution is -2.52. The number of amides is 1. The van der Waals surface area contributed by atoms with E-state index < -0.39 is 22.2 Å². The van der Waals surface area contributed by atoms with Gasteiger partial charge in [-0.25, -0.2) is 8.42 Å². The summed E-state index contributed by atoms with van der Waals surface area (Å²) < 4.78 is 29.3. The highest BCUT2D eigenvalue weighted by molar-refractivity contribution is 7.91. The van der Waals surface area contributed by atoms with E-state index in [4.69, 9.17) is 9.90 Å². The Kier molecular flexibility index (Phi) is 11.8. The van der Waals surface area contributed by atoms with Crippen LogP contribution in [0, 0.1) is 5.92 Å². The predicted octanol–water partition coefficient (Wildman–Crippen LogP) is 4.51. The zero-order valence-electron chi connectivity index (χ0n) is 25.8. The Balaban J connectivity index is 0.00000162. The van der Waals surface area contributed by atoms with Gasteiger partial charge in [0.1, 0.15) is 5.88 Å². The van der Waals surface area contributed by atoms with Gasteiger partial charge in [0.25, 0.3) is 22.4 Å². The van der Waals surface area contributed by atoms with Gasteiger partial charge < -0.3 is 25.4 Å². The van der Waals surface area contributed by atoms with E-state index in [-0.39, 0.29) is 23.8 Å². The highest BCUT2D eigenvalue weighted by atomic mass is 32.2. The smallest absolute Gasteiger partial charge is 0.290 e. The molecule has 10 nitrogen and oxygen atoms in total. The fourth-order valence-electron chi connectivity index (χ4n) is 5.45. The summed E-state index contributed by atoms with van der Waals surface area (Å²) in [6, 6.07) is 12.7. The van der Waals surface area contributed by atoms with E-state index in [2.05, 4.69) is 43.1 Å². The van der Waals surface area contributed by atoms with Crippen LogP contribution in [0.3, 0.4) is 0 Å². The molecule has 0 fully saturated rings. The van der Waals surface area contributed by atoms with Crippen LogP contribution in [0.4, 0.5) is 5.69 Å². The highest BCUT2D eigenvalue weighted by Gasteiger charge is 2.28. The molecule has 2 atom stereocenters. The van der Waals surface area contributed by atoms with Crippen LogP contribution in [0.25, 0.3) is 10.9 Å². The van der Waals surface area contributed by atoms with Gasteiger partial charge in [-0.2, -0.15) is 0 Å². The number of sulfonamides is 1. The molecule has 0 spiro atoms. The van der Waals surface area contributed by atoms with E-state index in [0.717, 1.165) is 41.3 Å². The molecule has 1 amide bonds. The summed E-state index contributed by atoms with van der Waals surface area (Å²) in [6.07, 6.45) is 5.45. The van der Waals surface area contributed by atoms with Crippen LogP contribution in [0.2, 0.25) is 0 Å². The third-order valence-corrected chi connectivity index (χ3v) is 8.87. The van der Waals surface area contributed by atoms with E-state index in [1.54, 1.807) is 10.6 Å². The number of nitrogens with zero attached hydrogens (tertiary/aromatic N) is 1. The summed E-state index contributed by atoms with van der Waals surface area (Å²) >= 11 is 0. The lowest BCUT2D eigenvalue weighted by molar-refractivity contribution is -0.122. The Morgan fingerprint density at radius 2 is 1.86 bits per heavy atom. The lowest BCUT2D eigenvalue weighted by atomic mass is 9.93. The van der Waals surface area contributed by atoms with Crippen LogP contribution in [0.1, 0.15) is 75.4 Å². The van der Waals surface area contributed by atoms with Crippen molar-refractivity contribution >= 4 is 39.0 Å². The number of nitrogens with one attached hydrogen (secondary N) is 3. The molecule has 2 heterocycles. The molecular formula is C32H46N4O6S. The average molecular weight is 615 g/mol. The number of aliphatic hydroxyl groups is 1. The number of aryl methyl sites for hydroxylation is 1. The maximum absolute atomic E-state index is 13.6. The minimum Gasteiger partial charge on any atom is -0.483 e. The zero-order chi connectivity index (χ0) is 31.8. The van der Waals surface area contributed by atoms with Crippen molar-refractivity contribution in [2.45, 2.75) is 90.3 Å². The normalized spacial score (nSPS) is 15.2. The van der Waals surface area contributed by atoms with Crippen molar-refractivity contribution in [2.75, 3.05) is 11.3 Å². The van der Waals surface area contributed by atoms with E-state index in [9.17, 15) is 18.3 Å². The van der Waals surface area contributed by atoms with Gasteiger partial charge >= 0.3 is 0 Å². The molecule has 43 heavy (non-hydrogen) atoms. The SMILES string of the molecule is CCc1cn2c3c(cc(C(=O)N[C@@H](Cc4ccccc4)[C@H](O)CNC(C)(C)CCCC(C)C)cc13)NS(=O)(=O)C2.O=CO. The number of aliphatic hydroxyl groups excluding tert-OH is 1. The number of anilines is 1. The van der Waals surface area contributed by atoms with Gasteiger partial charge in [0.05, 0.1) is 23.3 Å². The Bertz CT molecular complexity index is 1480. The molecule has 3 aromatic rings. The zero-order valence-corrected chi connectivity index (χ0v) is 26.6. The molecule has 0 radical (unpaired) electrons. The molecule has 11 heteroatoms. The summed E-state index contributed by atoms with van der Waals surface area (Å²) in [4.78, 5) is 22.0. The molecule has 1 aromatic heterocycles. The van der Waals surface area contributed by atoms with Gasteiger partial charge in [-0.3, -0.25) is 14.3 Å². The molecule has 2 aromatic carbocycles. The van der Waals surface area contributed by atoms with Crippen molar-refractivity contribution < 1.29 is 28.2 Å². The van der Waals surface area contributed by atoms with Crippen LogP contribution in [-0.4, -0.2) is 59.8 Å². The second-order valence-electron chi connectivity index (χ2n) is 12.2. The lowest BCUT2D eigenvalue weighted by Gasteiger charge is -2.31. The van der Waals surface area contributed by atoms with Crippen molar-refractivity contribution in [3.63, 3.8) is 0 Å². The molecule has 0 aliphatic carbocycles. The average Bonchev–Trinajstić information content (AvgIpc) is 3.28. The van der Waals surface area contributed by atoms with Crippen molar-refractivity contribution in [1.29, 1.82) is 0 Å². The topological polar surface area (TPSA) is 150 Å². The third-order valence-electron chi connectivity index (χ3n) is 7.72. The number of benzene rings is 2. The van der Waals surface area contributed by atoms with Gasteiger partial charge in [0, 0.05) is 29.2 Å². The molecule has 0 bridgehead atoms. The fourth-order valence-corrected chi connectivity index (χ4v) is 6.58. The highest BCUT2D eigenvalue weighted by Crippen LogP contribution is 2.34. The first-order chi connectivity index (χ1) is 20.3. The number of aromatic nitrogens is 1. The Hall–Kier alpha value is -3.41. The molecule has 4 rings (SSSR count). The van der Waals surface area contributed by atoms with Crippen molar-refractivity contribution in [3.05, 3.63) is 65.4 Å². The number of hydrogen-bond donors (Lipinski definition) is 5. The molecule has 0 unspecified atom stereocenters. The summed E-state index contributed by atoms with van der Waals surface area (Å²) in [5.74, 6) is 0.158. The number of carbonyl (C=O) groups is 2. The first-order valence-corrected chi connectivity index (χ1v) is 16.5. The maximum Gasteiger partial charge on any atom is 0.290 e. The van der Waals surface area contributed by atoms with E-state index in [1.165, 1.54) is 0 Å². The van der Waals surface area contributed by atoms with Crippen molar-refractivity contribution in [3.8, 4) is 0 Å². The number of β-amino-alcohol motifs (C(OH)–C–C–N with tert-alkyl or cyclic N) is 1. The number of rotatable bonds is 13. The van der Waals surface area contributed by atoms with Crippen LogP contribution in [-0.2, 0) is 33.5 Å². The van der Waals surface area contributed by atoms with Crippen LogP contribution < -0.4 is 15.4 Å². The maximum atomic E-state index is 13.6. The number of carbonyl (C=O) groups excluding carboxylic acids is 1. The summed E-state index contributed by atoms with van der Waals surface area (Å²) in [7, 11) is -3.56. The second-order valence-corrected chi connectivity index (χ2v) is 13.9. The van der Waals surface area contributed by atoms with Gasteiger partial charge in [0.15, 0.2) is 0 Å². The number of carboxylic acid groups (broad SMARTS) is 1. The van der Waals surface area contributed by atoms with E-state index in [0.29, 0.717) is 36.6 Å². The molecule has 236 valence electrons. The molecule has 1 aliphatic rings. The number of hydrogen-bond acceptors (Lipinski definition) is 6. The molecular weight excluding hydrogens is 568 g/mol. The molecule has 1 aliphatic heterocycles. The van der Waals surface area contributed by atoms with Gasteiger partial charge in [0.2, 0.25) is 0 Å². The minimum absolute atomic E-state index is 0.145. The first-order valence-electron chi connectivity index (χ1n) is 14.8. The predicted molar refractivity (Wildman–Crippen MR) is 171 cm³/mol. The monoisotopic (exact) mass is 614 g/mol. The first kappa shape index (κ1) is 34.1. The van der Waals surface area contributed by atoms with Crippen LogP contribution in [0.15, 0.2) is 48.7 Å². The van der Waals surface area contributed by atoms with Crippen molar-refractivity contribution in [2.24, 2.45) is 5.92 Å². The van der Waals surface area contributed by atoms with Crippen LogP contribution >= 0.6 is 0 Å². The van der Waals surface area contributed by atoms with E-state index in [1.807, 2.05) is 49.5 Å².